The topological polar surface area (TPSA) is 109 Å². The molecule has 0 bridgehead atoms. The Balaban J connectivity index is 1.86. The fourth-order valence-electron chi connectivity index (χ4n) is 4.04. The summed E-state index contributed by atoms with van der Waals surface area (Å²) < 4.78 is 0. The fourth-order valence-corrected chi connectivity index (χ4v) is 5.46. The fraction of sp³-hybridized carbons (Fsp3) is 0.611. The lowest BCUT2D eigenvalue weighted by Crippen LogP contribution is -2.36. The third-order valence-corrected chi connectivity index (χ3v) is 6.58. The lowest BCUT2D eigenvalue weighted by Gasteiger charge is -2.27. The molecule has 2 aliphatic rings. The van der Waals surface area contributed by atoms with E-state index in [4.69, 9.17) is 5.73 Å². The van der Waals surface area contributed by atoms with Gasteiger partial charge in [0.1, 0.15) is 5.00 Å². The van der Waals surface area contributed by atoms with Crippen molar-refractivity contribution < 1.29 is 19.5 Å². The van der Waals surface area contributed by atoms with E-state index >= 15 is 0 Å². The summed E-state index contributed by atoms with van der Waals surface area (Å²) in [5.74, 6) is -2.41. The number of carboxylic acid groups (broad SMARTS) is 1. The maximum atomic E-state index is 12.7. The molecule has 3 atom stereocenters. The first kappa shape index (κ1) is 17.9. The van der Waals surface area contributed by atoms with E-state index in [-0.39, 0.29) is 5.91 Å². The average molecular weight is 364 g/mol. The number of hydrogen-bond acceptors (Lipinski definition) is 4. The molecule has 2 amide bonds. The number of nitrogens with two attached hydrogens (primary N) is 1. The van der Waals surface area contributed by atoms with Crippen molar-refractivity contribution in [2.24, 2.45) is 23.5 Å². The summed E-state index contributed by atoms with van der Waals surface area (Å²) in [6, 6.07) is 0. The first-order valence-corrected chi connectivity index (χ1v) is 9.68. The Bertz CT molecular complexity index is 712. The number of nitrogens with one attached hydrogen (secondary N) is 1. The van der Waals surface area contributed by atoms with E-state index in [0.29, 0.717) is 29.3 Å². The van der Waals surface area contributed by atoms with E-state index in [0.717, 1.165) is 42.5 Å². The van der Waals surface area contributed by atoms with Gasteiger partial charge in [0.25, 0.3) is 5.91 Å². The maximum absolute atomic E-state index is 12.7. The van der Waals surface area contributed by atoms with Crippen molar-refractivity contribution in [3.05, 3.63) is 16.0 Å². The molecule has 0 spiro atoms. The van der Waals surface area contributed by atoms with Crippen molar-refractivity contribution in [1.29, 1.82) is 0 Å². The van der Waals surface area contributed by atoms with Gasteiger partial charge in [0.15, 0.2) is 0 Å². The molecule has 1 aromatic rings. The predicted octanol–water partition coefficient (Wildman–Crippen LogP) is 2.80. The number of fused-ring (bicyclic) bond motifs is 1. The van der Waals surface area contributed by atoms with Gasteiger partial charge in [-0.2, -0.15) is 0 Å². The zero-order valence-electron chi connectivity index (χ0n) is 14.3. The zero-order valence-corrected chi connectivity index (χ0v) is 15.2. The Labute approximate surface area is 150 Å². The Morgan fingerprint density at radius 3 is 2.48 bits per heavy atom. The van der Waals surface area contributed by atoms with Crippen LogP contribution in [0.4, 0.5) is 5.00 Å². The van der Waals surface area contributed by atoms with Gasteiger partial charge in [-0.25, -0.2) is 0 Å². The second kappa shape index (κ2) is 7.15. The van der Waals surface area contributed by atoms with Crippen LogP contribution in [0.2, 0.25) is 0 Å². The summed E-state index contributed by atoms with van der Waals surface area (Å²) in [5, 5.41) is 12.7. The number of anilines is 1. The number of hydrogen-bond donors (Lipinski definition) is 3. The predicted molar refractivity (Wildman–Crippen MR) is 95.7 cm³/mol. The van der Waals surface area contributed by atoms with Crippen molar-refractivity contribution in [3.8, 4) is 0 Å². The van der Waals surface area contributed by atoms with Crippen LogP contribution in [-0.2, 0) is 22.4 Å². The second-order valence-corrected chi connectivity index (χ2v) is 8.35. The Morgan fingerprint density at radius 1 is 1.16 bits per heavy atom. The van der Waals surface area contributed by atoms with E-state index in [1.54, 1.807) is 0 Å². The van der Waals surface area contributed by atoms with Gasteiger partial charge in [0.2, 0.25) is 5.91 Å². The van der Waals surface area contributed by atoms with Crippen LogP contribution in [0.1, 0.15) is 59.8 Å². The van der Waals surface area contributed by atoms with Gasteiger partial charge >= 0.3 is 5.97 Å². The quantitative estimate of drug-likeness (QED) is 0.763. The average Bonchev–Trinajstić information content (AvgIpc) is 2.91. The standard InChI is InChI=1S/C18H24N2O4S/c1-9-6-7-12-13(8-9)25-17(14(12)15(19)21)20-16(22)10-4-2-3-5-11(10)18(23)24/h9-11H,2-8H2,1H3,(H2,19,21)(H,20,22)(H,23,24). The molecule has 6 nitrogen and oxygen atoms in total. The van der Waals surface area contributed by atoms with Gasteiger partial charge < -0.3 is 16.2 Å². The molecular weight excluding hydrogens is 340 g/mol. The summed E-state index contributed by atoms with van der Waals surface area (Å²) in [5.41, 5.74) is 6.95. The third kappa shape index (κ3) is 3.56. The summed E-state index contributed by atoms with van der Waals surface area (Å²) in [6.45, 7) is 2.17. The van der Waals surface area contributed by atoms with Crippen LogP contribution >= 0.6 is 11.3 Å². The van der Waals surface area contributed by atoms with E-state index in [1.807, 2.05) is 0 Å². The summed E-state index contributed by atoms with van der Waals surface area (Å²) in [4.78, 5) is 37.2. The van der Waals surface area contributed by atoms with E-state index < -0.39 is 23.7 Å². The largest absolute Gasteiger partial charge is 0.481 e. The van der Waals surface area contributed by atoms with Crippen molar-refractivity contribution in [2.75, 3.05) is 5.32 Å². The normalized spacial score (nSPS) is 25.9. The van der Waals surface area contributed by atoms with E-state index in [2.05, 4.69) is 12.2 Å². The van der Waals surface area contributed by atoms with Crippen LogP contribution in [0.25, 0.3) is 0 Å². The van der Waals surface area contributed by atoms with E-state index in [9.17, 15) is 19.5 Å². The first-order chi connectivity index (χ1) is 11.9. The molecule has 2 aliphatic carbocycles. The lowest BCUT2D eigenvalue weighted by molar-refractivity contribution is -0.147. The van der Waals surface area contributed by atoms with Crippen LogP contribution < -0.4 is 11.1 Å². The highest BCUT2D eigenvalue weighted by atomic mass is 32.1. The van der Waals surface area contributed by atoms with Crippen molar-refractivity contribution in [2.45, 2.75) is 51.9 Å². The van der Waals surface area contributed by atoms with Crippen LogP contribution in [-0.4, -0.2) is 22.9 Å². The monoisotopic (exact) mass is 364 g/mol. The smallest absolute Gasteiger partial charge is 0.307 e. The SMILES string of the molecule is CC1CCc2c(sc(NC(=O)C3CCCCC3C(=O)O)c2C(N)=O)C1. The van der Waals surface area contributed by atoms with Gasteiger partial charge in [-0.05, 0) is 43.6 Å². The number of aliphatic carboxylic acids is 1. The van der Waals surface area contributed by atoms with Crippen molar-refractivity contribution in [1.82, 2.24) is 0 Å². The molecule has 1 saturated carbocycles. The Kier molecular flexibility index (Phi) is 5.13. The minimum atomic E-state index is -0.922. The number of carbonyl (C=O) groups excluding carboxylic acids is 2. The lowest BCUT2D eigenvalue weighted by atomic mass is 9.78. The second-order valence-electron chi connectivity index (χ2n) is 7.25. The number of amides is 2. The van der Waals surface area contributed by atoms with Crippen LogP contribution in [0.15, 0.2) is 0 Å². The van der Waals surface area contributed by atoms with Crippen molar-refractivity contribution in [3.63, 3.8) is 0 Å². The van der Waals surface area contributed by atoms with Crippen molar-refractivity contribution >= 4 is 34.1 Å². The maximum Gasteiger partial charge on any atom is 0.307 e. The molecule has 4 N–H and O–H groups in total. The molecule has 1 heterocycles. The molecule has 3 rings (SSSR count). The highest BCUT2D eigenvalue weighted by molar-refractivity contribution is 7.17. The Hall–Kier alpha value is -1.89. The van der Waals surface area contributed by atoms with Gasteiger partial charge in [0, 0.05) is 4.88 Å². The molecule has 25 heavy (non-hydrogen) atoms. The number of carbonyl (C=O) groups is 3. The molecule has 136 valence electrons. The molecule has 0 radical (unpaired) electrons. The highest BCUT2D eigenvalue weighted by Crippen LogP contribution is 2.40. The van der Waals surface area contributed by atoms with Gasteiger partial charge in [-0.15, -0.1) is 11.3 Å². The molecule has 0 aromatic carbocycles. The molecule has 1 fully saturated rings. The third-order valence-electron chi connectivity index (χ3n) is 5.41. The molecule has 7 heteroatoms. The Morgan fingerprint density at radius 2 is 1.84 bits per heavy atom. The minimum absolute atomic E-state index is 0.304. The highest BCUT2D eigenvalue weighted by Gasteiger charge is 2.37. The number of primary amides is 1. The molecule has 0 saturated heterocycles. The van der Waals surface area contributed by atoms with Gasteiger partial charge in [-0.3, -0.25) is 14.4 Å². The first-order valence-electron chi connectivity index (χ1n) is 8.86. The van der Waals surface area contributed by atoms with E-state index in [1.165, 1.54) is 11.3 Å². The zero-order chi connectivity index (χ0) is 18.1. The number of thiophene rings is 1. The van der Waals surface area contributed by atoms with Crippen LogP contribution in [0.3, 0.4) is 0 Å². The van der Waals surface area contributed by atoms with Gasteiger partial charge in [0.05, 0.1) is 17.4 Å². The minimum Gasteiger partial charge on any atom is -0.481 e. The number of rotatable bonds is 4. The molecule has 3 unspecified atom stereocenters. The molecule has 0 aliphatic heterocycles. The summed E-state index contributed by atoms with van der Waals surface area (Å²) in [6.07, 6.45) is 5.45. The van der Waals surface area contributed by atoms with Crippen LogP contribution in [0.5, 0.6) is 0 Å². The number of carboxylic acids is 1. The summed E-state index contributed by atoms with van der Waals surface area (Å²) in [7, 11) is 0. The van der Waals surface area contributed by atoms with Gasteiger partial charge in [-0.1, -0.05) is 19.8 Å². The molecular formula is C18H24N2O4S. The summed E-state index contributed by atoms with van der Waals surface area (Å²) >= 11 is 1.42. The molecule has 1 aromatic heterocycles. The van der Waals surface area contributed by atoms with Crippen LogP contribution in [0, 0.1) is 17.8 Å².